The molecular formula is C25H42O2Si. The van der Waals surface area contributed by atoms with Crippen molar-refractivity contribution in [1.29, 1.82) is 0 Å². The van der Waals surface area contributed by atoms with Crippen LogP contribution in [0.1, 0.15) is 77.7 Å². The van der Waals surface area contributed by atoms with Crippen molar-refractivity contribution in [1.82, 2.24) is 0 Å². The molecule has 2 rings (SSSR count). The Morgan fingerprint density at radius 2 is 1.68 bits per heavy atom. The highest BCUT2D eigenvalue weighted by atomic mass is 28.4. The van der Waals surface area contributed by atoms with Crippen LogP contribution in [-0.2, 0) is 4.43 Å². The minimum atomic E-state index is -1.70. The molecule has 28 heavy (non-hydrogen) atoms. The second-order valence-corrected chi connectivity index (χ2v) is 13.1. The fraction of sp³-hybridized carbons (Fsp3) is 0.680. The van der Waals surface area contributed by atoms with E-state index in [2.05, 4.69) is 57.2 Å². The van der Waals surface area contributed by atoms with Gasteiger partial charge in [-0.1, -0.05) is 76.4 Å². The molecular weight excluding hydrogens is 360 g/mol. The van der Waals surface area contributed by atoms with Gasteiger partial charge in [0.2, 0.25) is 0 Å². The van der Waals surface area contributed by atoms with Crippen molar-refractivity contribution in [3.63, 3.8) is 0 Å². The lowest BCUT2D eigenvalue weighted by molar-refractivity contribution is 0.143. The molecule has 1 saturated carbocycles. The van der Waals surface area contributed by atoms with E-state index in [-0.39, 0.29) is 12.7 Å². The standard InChI is InChI=1S/C25H42O2Si/c1-4-28(5-2,6-3)27-25(23-18-12-8-13-19-23)24(20-14-9-15-21-26)22-16-10-7-11-17-22/h7,10-11,16-17,20,23,25-26H,4-6,8-9,12-15,18-19,21H2,1-3H3/b24-20+/t25-/m0/s1. The van der Waals surface area contributed by atoms with Crippen LogP contribution in [0.15, 0.2) is 36.4 Å². The van der Waals surface area contributed by atoms with Crippen LogP contribution >= 0.6 is 0 Å². The van der Waals surface area contributed by atoms with E-state index in [0.717, 1.165) is 19.3 Å². The number of unbranched alkanes of at least 4 members (excludes halogenated alkanes) is 2. The quantitative estimate of drug-likeness (QED) is 0.296. The lowest BCUT2D eigenvalue weighted by atomic mass is 9.80. The monoisotopic (exact) mass is 402 g/mol. The third-order valence-electron chi connectivity index (χ3n) is 6.78. The zero-order valence-corrected chi connectivity index (χ0v) is 19.5. The molecule has 158 valence electrons. The predicted octanol–water partition coefficient (Wildman–Crippen LogP) is 7.20. The Balaban J connectivity index is 2.38. The third-order valence-corrected chi connectivity index (χ3v) is 11.4. The molecule has 0 aromatic heterocycles. The van der Waals surface area contributed by atoms with Crippen LogP contribution in [-0.4, -0.2) is 26.1 Å². The van der Waals surface area contributed by atoms with E-state index in [0.29, 0.717) is 5.92 Å². The molecule has 0 aliphatic heterocycles. The molecule has 0 saturated heterocycles. The zero-order chi connectivity index (χ0) is 20.2. The topological polar surface area (TPSA) is 29.5 Å². The molecule has 0 radical (unpaired) electrons. The molecule has 3 heteroatoms. The van der Waals surface area contributed by atoms with Crippen LogP contribution in [0.5, 0.6) is 0 Å². The summed E-state index contributed by atoms with van der Waals surface area (Å²) in [6, 6.07) is 14.5. The SMILES string of the molecule is CC[Si](CC)(CC)O[C@H](/C(=C/CCCCO)c1ccccc1)C1CCCCC1. The molecule has 0 spiro atoms. The van der Waals surface area contributed by atoms with Crippen LogP contribution in [0.4, 0.5) is 0 Å². The zero-order valence-electron chi connectivity index (χ0n) is 18.5. The summed E-state index contributed by atoms with van der Waals surface area (Å²) in [5.41, 5.74) is 2.74. The summed E-state index contributed by atoms with van der Waals surface area (Å²) in [5, 5.41) is 9.17. The number of benzene rings is 1. The molecule has 0 amide bonds. The number of rotatable bonds is 12. The Hall–Kier alpha value is -0.903. The van der Waals surface area contributed by atoms with E-state index in [4.69, 9.17) is 4.43 Å². The molecule has 0 unspecified atom stereocenters. The van der Waals surface area contributed by atoms with E-state index in [1.165, 1.54) is 61.4 Å². The fourth-order valence-electron chi connectivity index (χ4n) is 4.66. The molecule has 0 bridgehead atoms. The maximum atomic E-state index is 9.17. The average molecular weight is 403 g/mol. The first-order valence-corrected chi connectivity index (χ1v) is 14.3. The molecule has 1 aromatic carbocycles. The maximum absolute atomic E-state index is 9.17. The van der Waals surface area contributed by atoms with Crippen LogP contribution in [0.2, 0.25) is 18.1 Å². The number of allylic oxidation sites excluding steroid dienone is 1. The number of hydrogen-bond acceptors (Lipinski definition) is 2. The first kappa shape index (κ1) is 23.4. The Morgan fingerprint density at radius 3 is 2.25 bits per heavy atom. The van der Waals surface area contributed by atoms with Gasteiger partial charge in [-0.25, -0.2) is 0 Å². The van der Waals surface area contributed by atoms with Crippen molar-refractivity contribution in [2.45, 2.75) is 96.4 Å². The molecule has 2 nitrogen and oxygen atoms in total. The summed E-state index contributed by atoms with van der Waals surface area (Å²) in [7, 11) is -1.70. The van der Waals surface area contributed by atoms with Gasteiger partial charge in [0.15, 0.2) is 8.32 Å². The smallest absolute Gasteiger partial charge is 0.192 e. The molecule has 1 aliphatic carbocycles. The van der Waals surface area contributed by atoms with Gasteiger partial charge in [-0.2, -0.15) is 0 Å². The average Bonchev–Trinajstić information content (AvgIpc) is 2.77. The van der Waals surface area contributed by atoms with Gasteiger partial charge >= 0.3 is 0 Å². The first-order valence-electron chi connectivity index (χ1n) is 11.7. The second-order valence-electron chi connectivity index (χ2n) is 8.43. The highest BCUT2D eigenvalue weighted by Crippen LogP contribution is 2.39. The van der Waals surface area contributed by atoms with Crippen molar-refractivity contribution in [3.8, 4) is 0 Å². The third kappa shape index (κ3) is 6.57. The summed E-state index contributed by atoms with van der Waals surface area (Å²) in [4.78, 5) is 0. The van der Waals surface area contributed by atoms with Crippen molar-refractivity contribution in [3.05, 3.63) is 42.0 Å². The maximum Gasteiger partial charge on any atom is 0.192 e. The summed E-state index contributed by atoms with van der Waals surface area (Å²) in [6.07, 6.45) is 12.3. The van der Waals surface area contributed by atoms with Crippen LogP contribution in [0.3, 0.4) is 0 Å². The van der Waals surface area contributed by atoms with E-state index >= 15 is 0 Å². The predicted molar refractivity (Wildman–Crippen MR) is 124 cm³/mol. The molecule has 0 heterocycles. The summed E-state index contributed by atoms with van der Waals surface area (Å²) in [5.74, 6) is 0.648. The number of aliphatic hydroxyl groups excluding tert-OH is 1. The van der Waals surface area contributed by atoms with Crippen molar-refractivity contribution >= 4 is 13.9 Å². The molecule has 1 fully saturated rings. The van der Waals surface area contributed by atoms with Crippen LogP contribution in [0, 0.1) is 5.92 Å². The Labute approximate surface area is 174 Å². The molecule has 1 aromatic rings. The lowest BCUT2D eigenvalue weighted by Gasteiger charge is -2.40. The van der Waals surface area contributed by atoms with Gasteiger partial charge in [0.1, 0.15) is 0 Å². The first-order chi connectivity index (χ1) is 13.7. The summed E-state index contributed by atoms with van der Waals surface area (Å²) < 4.78 is 7.22. The Kier molecular flexibility index (Phi) is 10.5. The van der Waals surface area contributed by atoms with E-state index in [1.54, 1.807) is 0 Å². The van der Waals surface area contributed by atoms with Crippen molar-refractivity contribution < 1.29 is 9.53 Å². The van der Waals surface area contributed by atoms with Crippen LogP contribution < -0.4 is 0 Å². The number of aliphatic hydroxyl groups is 1. The van der Waals surface area contributed by atoms with E-state index < -0.39 is 8.32 Å². The van der Waals surface area contributed by atoms with Gasteiger partial charge in [0, 0.05) is 6.61 Å². The van der Waals surface area contributed by atoms with Gasteiger partial charge in [-0.15, -0.1) is 0 Å². The van der Waals surface area contributed by atoms with Gasteiger partial charge in [-0.05, 0) is 67.3 Å². The van der Waals surface area contributed by atoms with E-state index in [1.807, 2.05) is 0 Å². The lowest BCUT2D eigenvalue weighted by Crippen LogP contribution is -2.43. The second kappa shape index (κ2) is 12.6. The van der Waals surface area contributed by atoms with Gasteiger partial charge in [0.25, 0.3) is 0 Å². The summed E-state index contributed by atoms with van der Waals surface area (Å²) >= 11 is 0. The molecule has 1 atom stereocenters. The minimum Gasteiger partial charge on any atom is -0.410 e. The normalized spacial score (nSPS) is 17.6. The highest BCUT2D eigenvalue weighted by molar-refractivity contribution is 6.73. The minimum absolute atomic E-state index is 0.239. The van der Waals surface area contributed by atoms with Crippen LogP contribution in [0.25, 0.3) is 5.57 Å². The van der Waals surface area contributed by atoms with Gasteiger partial charge in [0.05, 0.1) is 6.10 Å². The fourth-order valence-corrected chi connectivity index (χ4v) is 7.52. The summed E-state index contributed by atoms with van der Waals surface area (Å²) in [6.45, 7) is 7.30. The van der Waals surface area contributed by atoms with Crippen molar-refractivity contribution in [2.24, 2.45) is 5.92 Å². The highest BCUT2D eigenvalue weighted by Gasteiger charge is 2.37. The number of hydrogen-bond donors (Lipinski definition) is 1. The molecule has 1 N–H and O–H groups in total. The van der Waals surface area contributed by atoms with Crippen molar-refractivity contribution in [2.75, 3.05) is 6.61 Å². The Morgan fingerprint density at radius 1 is 1.04 bits per heavy atom. The van der Waals surface area contributed by atoms with Gasteiger partial charge in [-0.3, -0.25) is 0 Å². The largest absolute Gasteiger partial charge is 0.410 e. The van der Waals surface area contributed by atoms with E-state index in [9.17, 15) is 5.11 Å². The van der Waals surface area contributed by atoms with Gasteiger partial charge < -0.3 is 9.53 Å². The molecule has 1 aliphatic rings. The Bertz CT molecular complexity index is 551.